The summed E-state index contributed by atoms with van der Waals surface area (Å²) >= 11 is 0. The normalized spacial score (nSPS) is 15.9. The van der Waals surface area contributed by atoms with E-state index < -0.39 is 5.54 Å². The number of carbonyl (C=O) groups is 1. The van der Waals surface area contributed by atoms with Crippen LogP contribution in [0.1, 0.15) is 44.3 Å². The van der Waals surface area contributed by atoms with Gasteiger partial charge in [-0.2, -0.15) is 5.10 Å². The zero-order valence-corrected chi connectivity index (χ0v) is 15.7. The summed E-state index contributed by atoms with van der Waals surface area (Å²) in [5, 5.41) is 12.9. The Hall–Kier alpha value is -1.93. The standard InChI is InChI=1S/C16H25N7O.ClH/c1-16(2,17)15(24)22-9-5-12(6-10-22)14-20-19-13(21(14)3)11-23-8-4-7-18-23;/h4,7-8,12H,5-6,9-11,17H2,1-3H3;1H. The number of nitrogens with two attached hydrogens (primary N) is 1. The number of aromatic nitrogens is 5. The van der Waals surface area contributed by atoms with Crippen LogP contribution in [-0.4, -0.2) is 54.0 Å². The monoisotopic (exact) mass is 367 g/mol. The van der Waals surface area contributed by atoms with Gasteiger partial charge in [0.25, 0.3) is 0 Å². The summed E-state index contributed by atoms with van der Waals surface area (Å²) in [5.41, 5.74) is 5.11. The molecule has 0 radical (unpaired) electrons. The number of likely N-dealkylation sites (tertiary alicyclic amines) is 1. The molecule has 0 atom stereocenters. The fourth-order valence-electron chi connectivity index (χ4n) is 3.16. The van der Waals surface area contributed by atoms with E-state index >= 15 is 0 Å². The van der Waals surface area contributed by atoms with Crippen molar-refractivity contribution in [2.24, 2.45) is 12.8 Å². The summed E-state index contributed by atoms with van der Waals surface area (Å²) in [4.78, 5) is 14.1. The Morgan fingerprint density at radius 3 is 2.56 bits per heavy atom. The molecule has 2 aromatic heterocycles. The molecule has 0 aliphatic carbocycles. The van der Waals surface area contributed by atoms with Crippen molar-refractivity contribution in [3.63, 3.8) is 0 Å². The molecule has 0 spiro atoms. The van der Waals surface area contributed by atoms with Crippen molar-refractivity contribution in [1.29, 1.82) is 0 Å². The molecule has 9 heteroatoms. The maximum absolute atomic E-state index is 12.3. The predicted octanol–water partition coefficient (Wildman–Crippen LogP) is 0.925. The SMILES string of the molecule is Cl.Cn1c(Cn2cccn2)nnc1C1CCN(C(=O)C(C)(C)N)CC1. The number of amides is 1. The third kappa shape index (κ3) is 4.19. The van der Waals surface area contributed by atoms with Gasteiger partial charge in [0.2, 0.25) is 5.91 Å². The maximum atomic E-state index is 12.3. The molecule has 3 heterocycles. The van der Waals surface area contributed by atoms with E-state index in [1.807, 2.05) is 28.9 Å². The molecule has 0 unspecified atom stereocenters. The molecule has 0 saturated carbocycles. The Morgan fingerprint density at radius 1 is 1.32 bits per heavy atom. The molecule has 0 bridgehead atoms. The van der Waals surface area contributed by atoms with Gasteiger partial charge in [0.05, 0.1) is 5.54 Å². The molecule has 25 heavy (non-hydrogen) atoms. The van der Waals surface area contributed by atoms with E-state index in [4.69, 9.17) is 5.73 Å². The van der Waals surface area contributed by atoms with Crippen LogP contribution in [0, 0.1) is 0 Å². The molecule has 2 aromatic rings. The number of hydrogen-bond acceptors (Lipinski definition) is 5. The average Bonchev–Trinajstić information content (AvgIpc) is 3.17. The van der Waals surface area contributed by atoms with Crippen LogP contribution in [0.4, 0.5) is 0 Å². The second-order valence-corrected chi connectivity index (χ2v) is 7.03. The van der Waals surface area contributed by atoms with Crippen molar-refractivity contribution in [1.82, 2.24) is 29.4 Å². The Bertz CT molecular complexity index is 697. The first-order chi connectivity index (χ1) is 11.4. The molecule has 0 aromatic carbocycles. The van der Waals surface area contributed by atoms with Crippen LogP contribution in [0.25, 0.3) is 0 Å². The summed E-state index contributed by atoms with van der Waals surface area (Å²) in [6.45, 7) is 5.55. The number of halogens is 1. The first-order valence-corrected chi connectivity index (χ1v) is 8.30. The molecule has 1 amide bonds. The number of rotatable bonds is 4. The first-order valence-electron chi connectivity index (χ1n) is 8.30. The van der Waals surface area contributed by atoms with E-state index in [1.54, 1.807) is 20.0 Å². The second-order valence-electron chi connectivity index (χ2n) is 7.03. The van der Waals surface area contributed by atoms with Gasteiger partial charge in [0.15, 0.2) is 5.82 Å². The molecule has 3 rings (SSSR count). The van der Waals surface area contributed by atoms with Crippen molar-refractivity contribution in [3.05, 3.63) is 30.1 Å². The van der Waals surface area contributed by atoms with Crippen LogP contribution in [0.15, 0.2) is 18.5 Å². The van der Waals surface area contributed by atoms with Gasteiger partial charge in [0.1, 0.15) is 12.4 Å². The Labute approximate surface area is 153 Å². The lowest BCUT2D eigenvalue weighted by Gasteiger charge is -2.35. The highest BCUT2D eigenvalue weighted by atomic mass is 35.5. The minimum absolute atomic E-state index is 0. The quantitative estimate of drug-likeness (QED) is 0.867. The fourth-order valence-corrected chi connectivity index (χ4v) is 3.16. The average molecular weight is 368 g/mol. The lowest BCUT2D eigenvalue weighted by Crippen LogP contribution is -2.53. The molecule has 1 aliphatic heterocycles. The van der Waals surface area contributed by atoms with Crippen molar-refractivity contribution in [3.8, 4) is 0 Å². The molecule has 138 valence electrons. The van der Waals surface area contributed by atoms with Gasteiger partial charge in [-0.15, -0.1) is 22.6 Å². The van der Waals surface area contributed by atoms with Crippen LogP contribution in [0.2, 0.25) is 0 Å². The van der Waals surface area contributed by atoms with E-state index in [9.17, 15) is 4.79 Å². The summed E-state index contributed by atoms with van der Waals surface area (Å²) < 4.78 is 3.88. The van der Waals surface area contributed by atoms with Gasteiger partial charge < -0.3 is 15.2 Å². The zero-order valence-electron chi connectivity index (χ0n) is 14.9. The van der Waals surface area contributed by atoms with Gasteiger partial charge >= 0.3 is 0 Å². The Balaban J connectivity index is 0.00000225. The van der Waals surface area contributed by atoms with E-state index in [2.05, 4.69) is 19.9 Å². The summed E-state index contributed by atoms with van der Waals surface area (Å²) in [6.07, 6.45) is 5.43. The molecular formula is C16H26ClN7O. The van der Waals surface area contributed by atoms with Crippen LogP contribution in [0.5, 0.6) is 0 Å². The fraction of sp³-hybridized carbons (Fsp3) is 0.625. The van der Waals surface area contributed by atoms with E-state index in [-0.39, 0.29) is 18.3 Å². The Morgan fingerprint density at radius 2 is 2.00 bits per heavy atom. The highest BCUT2D eigenvalue weighted by Crippen LogP contribution is 2.27. The van der Waals surface area contributed by atoms with E-state index in [0.717, 1.165) is 24.5 Å². The molecule has 1 saturated heterocycles. The van der Waals surface area contributed by atoms with Crippen molar-refractivity contribution >= 4 is 18.3 Å². The minimum atomic E-state index is -0.811. The highest BCUT2D eigenvalue weighted by molar-refractivity contribution is 5.85. The zero-order chi connectivity index (χ0) is 17.3. The van der Waals surface area contributed by atoms with Crippen LogP contribution in [0.3, 0.4) is 0 Å². The predicted molar refractivity (Wildman–Crippen MR) is 96.4 cm³/mol. The number of nitrogens with zero attached hydrogens (tertiary/aromatic N) is 6. The molecule has 8 nitrogen and oxygen atoms in total. The van der Waals surface area contributed by atoms with E-state index in [0.29, 0.717) is 25.6 Å². The van der Waals surface area contributed by atoms with Gasteiger partial charge in [-0.25, -0.2) is 0 Å². The number of hydrogen-bond donors (Lipinski definition) is 1. The molecular weight excluding hydrogens is 342 g/mol. The topological polar surface area (TPSA) is 94.9 Å². The molecule has 1 aliphatic rings. The number of carbonyl (C=O) groups excluding carboxylic acids is 1. The largest absolute Gasteiger partial charge is 0.341 e. The Kier molecular flexibility index (Phi) is 5.84. The van der Waals surface area contributed by atoms with Gasteiger partial charge in [-0.05, 0) is 32.8 Å². The minimum Gasteiger partial charge on any atom is -0.341 e. The van der Waals surface area contributed by atoms with Gasteiger partial charge in [0, 0.05) is 38.4 Å². The maximum Gasteiger partial charge on any atom is 0.242 e. The van der Waals surface area contributed by atoms with Crippen LogP contribution in [-0.2, 0) is 18.4 Å². The third-order valence-corrected chi connectivity index (χ3v) is 4.56. The summed E-state index contributed by atoms with van der Waals surface area (Å²) in [5.74, 6) is 2.20. The smallest absolute Gasteiger partial charge is 0.242 e. The number of piperidine rings is 1. The highest BCUT2D eigenvalue weighted by Gasteiger charge is 2.32. The summed E-state index contributed by atoms with van der Waals surface area (Å²) in [6, 6.07) is 1.89. The second kappa shape index (κ2) is 7.53. The van der Waals surface area contributed by atoms with Crippen molar-refractivity contribution in [2.75, 3.05) is 13.1 Å². The third-order valence-electron chi connectivity index (χ3n) is 4.56. The van der Waals surface area contributed by atoms with Gasteiger partial charge in [-0.1, -0.05) is 0 Å². The van der Waals surface area contributed by atoms with Crippen LogP contribution >= 0.6 is 12.4 Å². The lowest BCUT2D eigenvalue weighted by molar-refractivity contribution is -0.136. The van der Waals surface area contributed by atoms with Crippen molar-refractivity contribution in [2.45, 2.75) is 44.7 Å². The van der Waals surface area contributed by atoms with Crippen molar-refractivity contribution < 1.29 is 4.79 Å². The van der Waals surface area contributed by atoms with Gasteiger partial charge in [-0.3, -0.25) is 9.48 Å². The molecule has 2 N–H and O–H groups in total. The molecule has 1 fully saturated rings. The summed E-state index contributed by atoms with van der Waals surface area (Å²) in [7, 11) is 1.99. The van der Waals surface area contributed by atoms with Crippen LogP contribution < -0.4 is 5.73 Å². The first kappa shape index (κ1) is 19.4. The van der Waals surface area contributed by atoms with E-state index in [1.165, 1.54) is 0 Å². The lowest BCUT2D eigenvalue weighted by atomic mass is 9.94.